The Bertz CT molecular complexity index is 336. The maximum atomic E-state index is 11.1. The van der Waals surface area contributed by atoms with Gasteiger partial charge in [-0.05, 0) is 22.9 Å². The van der Waals surface area contributed by atoms with E-state index in [0.717, 1.165) is 0 Å². The van der Waals surface area contributed by atoms with Crippen LogP contribution in [0.25, 0.3) is 0 Å². The van der Waals surface area contributed by atoms with Gasteiger partial charge in [0.25, 0.3) is 5.56 Å². The first-order valence-corrected chi connectivity index (χ1v) is 4.63. The Hall–Kier alpha value is -0.880. The number of nitrogens with zero attached hydrogens (tertiary/aromatic N) is 1. The molecule has 5 nitrogen and oxygen atoms in total. The van der Waals surface area contributed by atoms with Crippen molar-refractivity contribution in [3.8, 4) is 0 Å². The third-order valence-corrected chi connectivity index (χ3v) is 2.12. The molecule has 72 valence electrons. The maximum Gasteiger partial charge on any atom is 0.267 e. The van der Waals surface area contributed by atoms with Crippen LogP contribution in [0.1, 0.15) is 6.92 Å². The van der Waals surface area contributed by atoms with Crippen LogP contribution in [0, 0.1) is 0 Å². The Balaban J connectivity index is 2.77. The van der Waals surface area contributed by atoms with Crippen LogP contribution in [0.4, 0.5) is 5.82 Å². The van der Waals surface area contributed by atoms with Crippen LogP contribution < -0.4 is 16.6 Å². The zero-order valence-electron chi connectivity index (χ0n) is 7.17. The molecule has 0 saturated heterocycles. The first kappa shape index (κ1) is 10.2. The molecule has 0 spiro atoms. The van der Waals surface area contributed by atoms with Crippen LogP contribution in [-0.2, 0) is 0 Å². The maximum absolute atomic E-state index is 11.1. The normalized spacial score (nSPS) is 12.5. The molecular formula is C7H11BrN4O. The van der Waals surface area contributed by atoms with Crippen LogP contribution in [0.3, 0.4) is 0 Å². The summed E-state index contributed by atoms with van der Waals surface area (Å²) in [7, 11) is 0. The molecule has 0 amide bonds. The molecule has 0 aliphatic heterocycles. The largest absolute Gasteiger partial charge is 0.367 e. The Morgan fingerprint density at radius 3 is 3.15 bits per heavy atom. The number of anilines is 1. The van der Waals surface area contributed by atoms with E-state index in [2.05, 4.69) is 31.2 Å². The van der Waals surface area contributed by atoms with Gasteiger partial charge in [0.1, 0.15) is 10.3 Å². The Kier molecular flexibility index (Phi) is 3.44. The number of hydrogen-bond donors (Lipinski definition) is 3. The van der Waals surface area contributed by atoms with E-state index in [1.807, 2.05) is 6.92 Å². The molecular weight excluding hydrogens is 236 g/mol. The van der Waals surface area contributed by atoms with E-state index in [0.29, 0.717) is 16.8 Å². The molecule has 1 aromatic heterocycles. The summed E-state index contributed by atoms with van der Waals surface area (Å²) in [6, 6.07) is 0.0213. The van der Waals surface area contributed by atoms with E-state index in [4.69, 9.17) is 5.73 Å². The minimum absolute atomic E-state index is 0.0213. The Morgan fingerprint density at radius 2 is 2.54 bits per heavy atom. The molecule has 0 aliphatic carbocycles. The van der Waals surface area contributed by atoms with Gasteiger partial charge in [0.05, 0.1) is 6.33 Å². The minimum Gasteiger partial charge on any atom is -0.367 e. The Morgan fingerprint density at radius 1 is 1.85 bits per heavy atom. The van der Waals surface area contributed by atoms with Crippen molar-refractivity contribution in [2.24, 2.45) is 5.73 Å². The lowest BCUT2D eigenvalue weighted by molar-refractivity contribution is 0.776. The second-order valence-electron chi connectivity index (χ2n) is 2.75. The van der Waals surface area contributed by atoms with Gasteiger partial charge in [-0.1, -0.05) is 0 Å². The van der Waals surface area contributed by atoms with Crippen LogP contribution in [0.15, 0.2) is 15.6 Å². The van der Waals surface area contributed by atoms with Gasteiger partial charge in [-0.15, -0.1) is 0 Å². The van der Waals surface area contributed by atoms with Crippen molar-refractivity contribution in [1.29, 1.82) is 0 Å². The number of hydrogen-bond acceptors (Lipinski definition) is 4. The number of nitrogens with one attached hydrogen (secondary N) is 2. The van der Waals surface area contributed by atoms with Crippen molar-refractivity contribution >= 4 is 21.7 Å². The fraction of sp³-hybridized carbons (Fsp3) is 0.429. The molecule has 13 heavy (non-hydrogen) atoms. The molecule has 1 heterocycles. The predicted octanol–water partition coefficient (Wildman–Crippen LogP) is 0.291. The van der Waals surface area contributed by atoms with Crippen molar-refractivity contribution in [1.82, 2.24) is 9.97 Å². The SMILES string of the molecule is CC(N)CNc1nc[nH]c(=O)c1Br. The zero-order chi connectivity index (χ0) is 9.84. The fourth-order valence-electron chi connectivity index (χ4n) is 0.764. The van der Waals surface area contributed by atoms with E-state index in [1.165, 1.54) is 6.33 Å². The van der Waals surface area contributed by atoms with E-state index >= 15 is 0 Å². The highest BCUT2D eigenvalue weighted by molar-refractivity contribution is 9.10. The highest BCUT2D eigenvalue weighted by atomic mass is 79.9. The topological polar surface area (TPSA) is 83.8 Å². The molecule has 1 unspecified atom stereocenters. The second kappa shape index (κ2) is 4.38. The molecule has 0 aliphatic rings. The average molecular weight is 247 g/mol. The minimum atomic E-state index is -0.206. The molecule has 4 N–H and O–H groups in total. The highest BCUT2D eigenvalue weighted by Crippen LogP contribution is 2.12. The summed E-state index contributed by atoms with van der Waals surface area (Å²) in [5.74, 6) is 0.515. The van der Waals surface area contributed by atoms with Crippen molar-refractivity contribution in [2.75, 3.05) is 11.9 Å². The third kappa shape index (κ3) is 2.82. The van der Waals surface area contributed by atoms with E-state index in [9.17, 15) is 4.79 Å². The lowest BCUT2D eigenvalue weighted by atomic mass is 10.3. The summed E-state index contributed by atoms with van der Waals surface area (Å²) >= 11 is 3.12. The monoisotopic (exact) mass is 246 g/mol. The van der Waals surface area contributed by atoms with E-state index in [-0.39, 0.29) is 11.6 Å². The fourth-order valence-corrected chi connectivity index (χ4v) is 1.12. The Labute approximate surface area is 83.9 Å². The smallest absolute Gasteiger partial charge is 0.267 e. The molecule has 0 saturated carbocycles. The number of halogens is 1. The molecule has 0 fully saturated rings. The van der Waals surface area contributed by atoms with Gasteiger partial charge in [-0.3, -0.25) is 4.79 Å². The lowest BCUT2D eigenvalue weighted by Gasteiger charge is -2.08. The molecule has 0 radical (unpaired) electrons. The summed E-state index contributed by atoms with van der Waals surface area (Å²) in [5, 5.41) is 2.95. The first-order valence-electron chi connectivity index (χ1n) is 3.84. The van der Waals surface area contributed by atoms with Crippen LogP contribution >= 0.6 is 15.9 Å². The molecule has 0 aromatic carbocycles. The lowest BCUT2D eigenvalue weighted by Crippen LogP contribution is -2.26. The standard InChI is InChI=1S/C7H11BrN4O/c1-4(9)2-10-6-5(8)7(13)12-3-11-6/h3-4H,2,9H2,1H3,(H2,10,11,12,13). The van der Waals surface area contributed by atoms with Gasteiger partial charge < -0.3 is 16.0 Å². The van der Waals surface area contributed by atoms with Gasteiger partial charge in [-0.25, -0.2) is 4.98 Å². The summed E-state index contributed by atoms with van der Waals surface area (Å²) in [4.78, 5) is 17.5. The number of rotatable bonds is 3. The molecule has 1 aromatic rings. The summed E-state index contributed by atoms with van der Waals surface area (Å²) in [6.45, 7) is 2.45. The molecule has 1 rings (SSSR count). The molecule has 6 heteroatoms. The summed E-state index contributed by atoms with van der Waals surface area (Å²) in [6.07, 6.45) is 1.34. The average Bonchev–Trinajstić information content (AvgIpc) is 2.07. The van der Waals surface area contributed by atoms with Crippen LogP contribution in [0.5, 0.6) is 0 Å². The third-order valence-electron chi connectivity index (χ3n) is 1.39. The van der Waals surface area contributed by atoms with Gasteiger partial charge in [0.15, 0.2) is 0 Å². The van der Waals surface area contributed by atoms with Crippen molar-refractivity contribution in [2.45, 2.75) is 13.0 Å². The number of nitrogens with two attached hydrogens (primary N) is 1. The molecule has 0 bridgehead atoms. The highest BCUT2D eigenvalue weighted by Gasteiger charge is 2.04. The first-order chi connectivity index (χ1) is 6.11. The van der Waals surface area contributed by atoms with E-state index < -0.39 is 0 Å². The van der Waals surface area contributed by atoms with Crippen molar-refractivity contribution in [3.63, 3.8) is 0 Å². The van der Waals surface area contributed by atoms with Gasteiger partial charge in [0.2, 0.25) is 0 Å². The van der Waals surface area contributed by atoms with Crippen molar-refractivity contribution < 1.29 is 0 Å². The number of aromatic amines is 1. The van der Waals surface area contributed by atoms with E-state index in [1.54, 1.807) is 0 Å². The zero-order valence-corrected chi connectivity index (χ0v) is 8.76. The number of H-pyrrole nitrogens is 1. The van der Waals surface area contributed by atoms with Gasteiger partial charge in [0, 0.05) is 12.6 Å². The van der Waals surface area contributed by atoms with Gasteiger partial charge in [-0.2, -0.15) is 0 Å². The van der Waals surface area contributed by atoms with Crippen LogP contribution in [0.2, 0.25) is 0 Å². The summed E-state index contributed by atoms with van der Waals surface area (Å²) < 4.78 is 0.399. The van der Waals surface area contributed by atoms with Crippen LogP contribution in [-0.4, -0.2) is 22.6 Å². The van der Waals surface area contributed by atoms with Crippen molar-refractivity contribution in [3.05, 3.63) is 21.2 Å². The number of aromatic nitrogens is 2. The summed E-state index contributed by atoms with van der Waals surface area (Å²) in [5.41, 5.74) is 5.33. The molecule has 1 atom stereocenters. The second-order valence-corrected chi connectivity index (χ2v) is 3.55. The van der Waals surface area contributed by atoms with Gasteiger partial charge >= 0.3 is 0 Å². The predicted molar refractivity (Wildman–Crippen MR) is 54.7 cm³/mol. The quantitative estimate of drug-likeness (QED) is 0.716.